The molecule has 0 N–H and O–H groups in total. The van der Waals surface area contributed by atoms with E-state index in [0.29, 0.717) is 17.3 Å². The molecule has 3 atom stereocenters. The molecule has 0 saturated heterocycles. The lowest BCUT2D eigenvalue weighted by Gasteiger charge is -2.29. The molecular weight excluding hydrogens is 374 g/mol. The predicted octanol–water partition coefficient (Wildman–Crippen LogP) is 7.23. The van der Waals surface area contributed by atoms with E-state index in [1.165, 1.54) is 61.8 Å². The molecule has 2 aromatic carbocycles. The van der Waals surface area contributed by atoms with E-state index in [-0.39, 0.29) is 0 Å². The molecule has 0 amide bonds. The first-order valence-electron chi connectivity index (χ1n) is 11.7. The van der Waals surface area contributed by atoms with E-state index < -0.39 is 0 Å². The lowest BCUT2D eigenvalue weighted by atomic mass is 9.83. The summed E-state index contributed by atoms with van der Waals surface area (Å²) in [6.45, 7) is 7.02. The number of halogens is 1. The Labute approximate surface area is 183 Å². The minimum absolute atomic E-state index is 0.321. The van der Waals surface area contributed by atoms with Crippen molar-refractivity contribution in [3.63, 3.8) is 0 Å². The molecule has 29 heavy (non-hydrogen) atoms. The van der Waals surface area contributed by atoms with E-state index in [2.05, 4.69) is 73.3 Å². The molecule has 1 nitrogen and oxygen atoms in total. The Hall–Kier alpha value is -1.31. The van der Waals surface area contributed by atoms with Gasteiger partial charge >= 0.3 is 0 Å². The van der Waals surface area contributed by atoms with Crippen molar-refractivity contribution in [1.29, 1.82) is 0 Å². The maximum Gasteiger partial charge on any atom is 0.0404 e. The molecule has 0 aliphatic heterocycles. The molecule has 0 bridgehead atoms. The molecule has 1 aliphatic carbocycles. The van der Waals surface area contributed by atoms with Gasteiger partial charge in [-0.25, -0.2) is 0 Å². The fourth-order valence-corrected chi connectivity index (χ4v) is 5.13. The molecule has 0 radical (unpaired) electrons. The first-order chi connectivity index (χ1) is 14.2. The number of nitrogens with zero attached hydrogens (tertiary/aromatic N) is 1. The highest BCUT2D eigenvalue weighted by Gasteiger charge is 2.24. The van der Waals surface area contributed by atoms with Crippen molar-refractivity contribution >= 4 is 11.6 Å². The zero-order valence-electron chi connectivity index (χ0n) is 18.3. The monoisotopic (exact) mass is 411 g/mol. The van der Waals surface area contributed by atoms with Gasteiger partial charge in [-0.1, -0.05) is 74.4 Å². The van der Waals surface area contributed by atoms with Gasteiger partial charge in [0.15, 0.2) is 0 Å². The standard InChI is InChI=1S/C27H38ClN/c1-3-20-29(21-19-23-9-5-4-6-10-23)22(2)13-14-24-15-17-25(18-16-24)26-11-7-8-12-27(26)28/h4-6,9-10,15-18,22,26-27H,3,7-8,11-14,19-21H2,1-2H3. The van der Waals surface area contributed by atoms with Crippen molar-refractivity contribution < 1.29 is 0 Å². The normalized spacial score (nSPS) is 20.7. The van der Waals surface area contributed by atoms with Gasteiger partial charge in [0.05, 0.1) is 0 Å². The molecule has 2 heteroatoms. The van der Waals surface area contributed by atoms with Crippen LogP contribution in [0.5, 0.6) is 0 Å². The van der Waals surface area contributed by atoms with Gasteiger partial charge in [-0.05, 0) is 68.7 Å². The topological polar surface area (TPSA) is 3.24 Å². The zero-order chi connectivity index (χ0) is 20.5. The van der Waals surface area contributed by atoms with Gasteiger partial charge in [0.25, 0.3) is 0 Å². The molecule has 2 aromatic rings. The van der Waals surface area contributed by atoms with Gasteiger partial charge in [-0.3, -0.25) is 0 Å². The molecule has 158 valence electrons. The van der Waals surface area contributed by atoms with Crippen LogP contribution in [0.15, 0.2) is 54.6 Å². The summed E-state index contributed by atoms with van der Waals surface area (Å²) in [6.07, 6.45) is 9.76. The third kappa shape index (κ3) is 6.86. The van der Waals surface area contributed by atoms with Crippen molar-refractivity contribution in [3.8, 4) is 0 Å². The summed E-state index contributed by atoms with van der Waals surface area (Å²) in [4.78, 5) is 2.67. The quantitative estimate of drug-likeness (QED) is 0.373. The van der Waals surface area contributed by atoms with Gasteiger partial charge < -0.3 is 4.90 Å². The number of rotatable bonds is 10. The Bertz CT molecular complexity index is 696. The highest BCUT2D eigenvalue weighted by Crippen LogP contribution is 2.36. The molecule has 0 spiro atoms. The van der Waals surface area contributed by atoms with Crippen molar-refractivity contribution in [2.75, 3.05) is 13.1 Å². The molecule has 1 saturated carbocycles. The smallest absolute Gasteiger partial charge is 0.0404 e. The first-order valence-corrected chi connectivity index (χ1v) is 12.1. The van der Waals surface area contributed by atoms with Crippen LogP contribution in [0.3, 0.4) is 0 Å². The van der Waals surface area contributed by atoms with Crippen LogP contribution >= 0.6 is 11.6 Å². The van der Waals surface area contributed by atoms with E-state index in [9.17, 15) is 0 Å². The van der Waals surface area contributed by atoms with E-state index >= 15 is 0 Å². The predicted molar refractivity (Wildman–Crippen MR) is 127 cm³/mol. The van der Waals surface area contributed by atoms with Crippen molar-refractivity contribution in [1.82, 2.24) is 4.90 Å². The third-order valence-electron chi connectivity index (χ3n) is 6.60. The van der Waals surface area contributed by atoms with Gasteiger partial charge in [0, 0.05) is 23.9 Å². The second kappa shape index (κ2) is 11.8. The summed E-state index contributed by atoms with van der Waals surface area (Å²) in [7, 11) is 0. The number of aryl methyl sites for hydroxylation is 1. The Morgan fingerprint density at radius 2 is 1.59 bits per heavy atom. The lowest BCUT2D eigenvalue weighted by molar-refractivity contribution is 0.202. The van der Waals surface area contributed by atoms with Crippen LogP contribution in [0.4, 0.5) is 0 Å². The largest absolute Gasteiger partial charge is 0.300 e. The van der Waals surface area contributed by atoms with Crippen molar-refractivity contribution in [2.45, 2.75) is 82.6 Å². The fourth-order valence-electron chi connectivity index (χ4n) is 4.71. The first kappa shape index (κ1) is 22.4. The number of alkyl halides is 1. The van der Waals surface area contributed by atoms with E-state index in [1.807, 2.05) is 0 Å². The van der Waals surface area contributed by atoms with Crippen molar-refractivity contribution in [2.24, 2.45) is 0 Å². The number of benzene rings is 2. The second-order valence-electron chi connectivity index (χ2n) is 8.81. The summed E-state index contributed by atoms with van der Waals surface area (Å²) in [5.74, 6) is 0.552. The maximum atomic E-state index is 6.59. The third-order valence-corrected chi connectivity index (χ3v) is 7.13. The van der Waals surface area contributed by atoms with E-state index in [1.54, 1.807) is 0 Å². The van der Waals surface area contributed by atoms with Crippen LogP contribution < -0.4 is 0 Å². The van der Waals surface area contributed by atoms with Crippen LogP contribution in [0.1, 0.15) is 75.0 Å². The van der Waals surface area contributed by atoms with E-state index in [0.717, 1.165) is 19.4 Å². The Morgan fingerprint density at radius 1 is 0.897 bits per heavy atom. The lowest BCUT2D eigenvalue weighted by Crippen LogP contribution is -2.35. The van der Waals surface area contributed by atoms with Gasteiger partial charge in [-0.15, -0.1) is 11.6 Å². The molecule has 0 aromatic heterocycles. The van der Waals surface area contributed by atoms with Gasteiger partial charge in [0.2, 0.25) is 0 Å². The molecular formula is C27H38ClN. The Kier molecular flexibility index (Phi) is 9.08. The SMILES string of the molecule is CCCN(CCc1ccccc1)C(C)CCc1ccc(C2CCCCC2Cl)cc1. The minimum Gasteiger partial charge on any atom is -0.300 e. The molecule has 3 unspecified atom stereocenters. The van der Waals surface area contributed by atoms with Crippen LogP contribution in [-0.4, -0.2) is 29.4 Å². The summed E-state index contributed by atoms with van der Waals surface area (Å²) < 4.78 is 0. The maximum absolute atomic E-state index is 6.59. The zero-order valence-corrected chi connectivity index (χ0v) is 19.1. The number of hydrogen-bond acceptors (Lipinski definition) is 1. The van der Waals surface area contributed by atoms with Crippen LogP contribution in [-0.2, 0) is 12.8 Å². The highest BCUT2D eigenvalue weighted by molar-refractivity contribution is 6.21. The van der Waals surface area contributed by atoms with Crippen LogP contribution in [0.25, 0.3) is 0 Å². The molecule has 3 rings (SSSR count). The molecule has 1 aliphatic rings. The van der Waals surface area contributed by atoms with Crippen LogP contribution in [0, 0.1) is 0 Å². The number of hydrogen-bond donors (Lipinski definition) is 0. The molecule has 0 heterocycles. The van der Waals surface area contributed by atoms with Gasteiger partial charge in [-0.2, -0.15) is 0 Å². The van der Waals surface area contributed by atoms with Crippen molar-refractivity contribution in [3.05, 3.63) is 71.3 Å². The van der Waals surface area contributed by atoms with Crippen LogP contribution in [0.2, 0.25) is 0 Å². The van der Waals surface area contributed by atoms with Gasteiger partial charge in [0.1, 0.15) is 0 Å². The Balaban J connectivity index is 1.50. The van der Waals surface area contributed by atoms with E-state index in [4.69, 9.17) is 11.6 Å². The summed E-state index contributed by atoms with van der Waals surface area (Å²) in [5.41, 5.74) is 4.34. The minimum atomic E-state index is 0.321. The summed E-state index contributed by atoms with van der Waals surface area (Å²) in [6, 6.07) is 20.9. The average molecular weight is 412 g/mol. The summed E-state index contributed by atoms with van der Waals surface area (Å²) in [5, 5.41) is 0.321. The average Bonchev–Trinajstić information content (AvgIpc) is 2.76. The second-order valence-corrected chi connectivity index (χ2v) is 9.37. The summed E-state index contributed by atoms with van der Waals surface area (Å²) >= 11 is 6.59. The highest BCUT2D eigenvalue weighted by atomic mass is 35.5. The fraction of sp³-hybridized carbons (Fsp3) is 0.556. The Morgan fingerprint density at radius 3 is 2.28 bits per heavy atom. The molecule has 1 fully saturated rings.